The number of halogens is 5. The molecule has 1 unspecified atom stereocenters. The van der Waals surface area contributed by atoms with Crippen molar-refractivity contribution in [1.29, 1.82) is 0 Å². The molecule has 0 fully saturated rings. The normalized spacial score (nSPS) is 12.5. The Morgan fingerprint density at radius 3 is 2.47 bits per heavy atom. The van der Waals surface area contributed by atoms with Crippen molar-refractivity contribution in [3.8, 4) is 0 Å². The van der Waals surface area contributed by atoms with Crippen LogP contribution in [0.2, 0.25) is 5.02 Å². The van der Waals surface area contributed by atoms with Gasteiger partial charge >= 0.3 is 0 Å². The molecule has 0 N–H and O–H groups in total. The van der Waals surface area contributed by atoms with E-state index in [2.05, 4.69) is 38.5 Å². The standard InChI is InChI=1S/C14H9BrClF2I/c1-7-4-12(18)9(6-11(7)17)14(15)8-2-3-13(19)10(16)5-8/h2-6,14H,1H3. The Kier molecular flexibility index (Phi) is 4.84. The molecule has 2 rings (SSSR count). The fraction of sp³-hybridized carbons (Fsp3) is 0.143. The summed E-state index contributed by atoms with van der Waals surface area (Å²) in [6.07, 6.45) is 0. The second-order valence-corrected chi connectivity index (χ2v) is 6.64. The lowest BCUT2D eigenvalue weighted by Gasteiger charge is -2.13. The van der Waals surface area contributed by atoms with E-state index in [1.165, 1.54) is 19.1 Å². The Hall–Kier alpha value is -0.200. The molecule has 0 aliphatic carbocycles. The van der Waals surface area contributed by atoms with E-state index in [4.69, 9.17) is 11.6 Å². The lowest BCUT2D eigenvalue weighted by molar-refractivity contribution is 0.581. The van der Waals surface area contributed by atoms with Gasteiger partial charge in [-0.3, -0.25) is 0 Å². The van der Waals surface area contributed by atoms with E-state index in [0.29, 0.717) is 10.6 Å². The molecule has 5 heteroatoms. The minimum atomic E-state index is -0.435. The first-order chi connectivity index (χ1) is 8.90. The monoisotopic (exact) mass is 456 g/mol. The highest BCUT2D eigenvalue weighted by Crippen LogP contribution is 2.35. The Morgan fingerprint density at radius 1 is 1.16 bits per heavy atom. The molecule has 2 aromatic rings. The van der Waals surface area contributed by atoms with Crippen LogP contribution in [0.5, 0.6) is 0 Å². The summed E-state index contributed by atoms with van der Waals surface area (Å²) in [7, 11) is 0. The molecule has 0 bridgehead atoms. The highest BCUT2D eigenvalue weighted by atomic mass is 127. The van der Waals surface area contributed by atoms with Crippen molar-refractivity contribution in [3.05, 3.63) is 67.2 Å². The molecule has 1 atom stereocenters. The van der Waals surface area contributed by atoms with Gasteiger partial charge in [0.25, 0.3) is 0 Å². The summed E-state index contributed by atoms with van der Waals surface area (Å²) in [5.41, 5.74) is 1.34. The van der Waals surface area contributed by atoms with Gasteiger partial charge in [-0.1, -0.05) is 33.6 Å². The van der Waals surface area contributed by atoms with E-state index in [1.54, 1.807) is 6.07 Å². The molecule has 0 heterocycles. The molecular formula is C14H9BrClF2I. The third kappa shape index (κ3) is 3.28. The Bertz CT molecular complexity index is 631. The zero-order valence-corrected chi connectivity index (χ0v) is 14.4. The van der Waals surface area contributed by atoms with Gasteiger partial charge in [0.2, 0.25) is 0 Å². The summed E-state index contributed by atoms with van der Waals surface area (Å²) >= 11 is 11.6. The van der Waals surface area contributed by atoms with Crippen LogP contribution in [-0.2, 0) is 0 Å². The predicted molar refractivity (Wildman–Crippen MR) is 86.0 cm³/mol. The van der Waals surface area contributed by atoms with Gasteiger partial charge in [0.05, 0.1) is 9.85 Å². The summed E-state index contributed by atoms with van der Waals surface area (Å²) in [5.74, 6) is -0.854. The van der Waals surface area contributed by atoms with Crippen LogP contribution >= 0.6 is 50.1 Å². The van der Waals surface area contributed by atoms with Gasteiger partial charge in [0.1, 0.15) is 11.6 Å². The summed E-state index contributed by atoms with van der Waals surface area (Å²) in [5, 5.41) is 0.593. The van der Waals surface area contributed by atoms with Crippen molar-refractivity contribution in [2.24, 2.45) is 0 Å². The van der Waals surface area contributed by atoms with Crippen LogP contribution in [-0.4, -0.2) is 0 Å². The highest BCUT2D eigenvalue weighted by Gasteiger charge is 2.17. The number of hydrogen-bond donors (Lipinski definition) is 0. The van der Waals surface area contributed by atoms with Crippen molar-refractivity contribution in [1.82, 2.24) is 0 Å². The summed E-state index contributed by atoms with van der Waals surface area (Å²) in [6, 6.07) is 7.85. The summed E-state index contributed by atoms with van der Waals surface area (Å²) < 4.78 is 28.4. The molecule has 0 radical (unpaired) electrons. The van der Waals surface area contributed by atoms with E-state index in [9.17, 15) is 8.78 Å². The molecule has 0 nitrogen and oxygen atoms in total. The van der Waals surface area contributed by atoms with Crippen LogP contribution in [0.3, 0.4) is 0 Å². The maximum Gasteiger partial charge on any atom is 0.128 e. The van der Waals surface area contributed by atoms with Crippen molar-refractivity contribution in [2.45, 2.75) is 11.8 Å². The van der Waals surface area contributed by atoms with E-state index in [1.807, 2.05) is 12.1 Å². The van der Waals surface area contributed by atoms with Crippen LogP contribution < -0.4 is 0 Å². The van der Waals surface area contributed by atoms with Crippen molar-refractivity contribution in [3.63, 3.8) is 0 Å². The lowest BCUT2D eigenvalue weighted by Crippen LogP contribution is -1.99. The molecule has 0 saturated carbocycles. The van der Waals surface area contributed by atoms with Crippen molar-refractivity contribution >= 4 is 50.1 Å². The second-order valence-electron chi connectivity index (χ2n) is 4.16. The van der Waals surface area contributed by atoms with E-state index >= 15 is 0 Å². The van der Waals surface area contributed by atoms with Crippen LogP contribution in [0, 0.1) is 22.1 Å². The smallest absolute Gasteiger partial charge is 0.128 e. The molecule has 0 aliphatic heterocycles. The maximum atomic E-state index is 13.9. The third-order valence-corrected chi connectivity index (χ3v) is 5.38. The number of rotatable bonds is 2. The highest BCUT2D eigenvalue weighted by molar-refractivity contribution is 14.1. The van der Waals surface area contributed by atoms with Crippen molar-refractivity contribution < 1.29 is 8.78 Å². The Labute approximate surface area is 137 Å². The number of benzene rings is 2. The number of aryl methyl sites for hydroxylation is 1. The van der Waals surface area contributed by atoms with Gasteiger partial charge in [0, 0.05) is 9.13 Å². The summed E-state index contributed by atoms with van der Waals surface area (Å²) in [6.45, 7) is 1.53. The predicted octanol–water partition coefficient (Wildman–Crippen LogP) is 6.02. The Balaban J connectivity index is 2.46. The Morgan fingerprint density at radius 2 is 1.84 bits per heavy atom. The SMILES string of the molecule is Cc1cc(F)c(C(Br)c2ccc(I)c(Cl)c2)cc1F. The van der Waals surface area contributed by atoms with E-state index in [-0.39, 0.29) is 5.56 Å². The minimum Gasteiger partial charge on any atom is -0.207 e. The first-order valence-corrected chi connectivity index (χ1v) is 7.82. The molecule has 19 heavy (non-hydrogen) atoms. The van der Waals surface area contributed by atoms with Gasteiger partial charge in [-0.2, -0.15) is 0 Å². The first kappa shape index (κ1) is 15.2. The molecule has 0 aromatic heterocycles. The van der Waals surface area contributed by atoms with Gasteiger partial charge < -0.3 is 0 Å². The average Bonchev–Trinajstić information content (AvgIpc) is 2.36. The van der Waals surface area contributed by atoms with Gasteiger partial charge in [-0.15, -0.1) is 0 Å². The van der Waals surface area contributed by atoms with E-state index in [0.717, 1.165) is 9.13 Å². The molecule has 0 aliphatic rings. The minimum absolute atomic E-state index is 0.264. The largest absolute Gasteiger partial charge is 0.207 e. The second kappa shape index (κ2) is 6.06. The molecule has 0 spiro atoms. The molecular weight excluding hydrogens is 448 g/mol. The zero-order valence-electron chi connectivity index (χ0n) is 9.85. The first-order valence-electron chi connectivity index (χ1n) is 5.44. The van der Waals surface area contributed by atoms with Gasteiger partial charge in [-0.25, -0.2) is 8.78 Å². The fourth-order valence-electron chi connectivity index (χ4n) is 1.71. The summed E-state index contributed by atoms with van der Waals surface area (Å²) in [4.78, 5) is -0.433. The van der Waals surface area contributed by atoms with Crippen LogP contribution in [0.4, 0.5) is 8.78 Å². The third-order valence-electron chi connectivity index (χ3n) is 2.79. The maximum absolute atomic E-state index is 13.9. The van der Waals surface area contributed by atoms with Gasteiger partial charge in [0.15, 0.2) is 0 Å². The van der Waals surface area contributed by atoms with E-state index < -0.39 is 16.5 Å². The number of hydrogen-bond acceptors (Lipinski definition) is 0. The molecule has 100 valence electrons. The average molecular weight is 457 g/mol. The van der Waals surface area contributed by atoms with Crippen LogP contribution in [0.1, 0.15) is 21.5 Å². The molecule has 2 aromatic carbocycles. The molecule has 0 amide bonds. The topological polar surface area (TPSA) is 0 Å². The van der Waals surface area contributed by atoms with Crippen LogP contribution in [0.25, 0.3) is 0 Å². The van der Waals surface area contributed by atoms with Crippen LogP contribution in [0.15, 0.2) is 30.3 Å². The lowest BCUT2D eigenvalue weighted by atomic mass is 10.0. The number of alkyl halides is 1. The van der Waals surface area contributed by atoms with Gasteiger partial charge in [-0.05, 0) is 64.9 Å². The van der Waals surface area contributed by atoms with Crippen molar-refractivity contribution in [2.75, 3.05) is 0 Å². The fourth-order valence-corrected chi connectivity index (χ4v) is 2.87. The zero-order chi connectivity index (χ0) is 14.2. The quantitative estimate of drug-likeness (QED) is 0.382. The molecule has 0 saturated heterocycles.